The minimum atomic E-state index is -0.416. The lowest BCUT2D eigenvalue weighted by Gasteiger charge is -2.30. The number of para-hydroxylation sites is 2. The van der Waals surface area contributed by atoms with Crippen molar-refractivity contribution in [2.75, 3.05) is 17.7 Å². The molecule has 0 saturated carbocycles. The van der Waals surface area contributed by atoms with Crippen molar-refractivity contribution >= 4 is 17.2 Å². The molecule has 4 nitrogen and oxygen atoms in total. The maximum absolute atomic E-state index is 14.0. The van der Waals surface area contributed by atoms with Gasteiger partial charge in [0.25, 0.3) is 0 Å². The third kappa shape index (κ3) is 3.67. The highest BCUT2D eigenvalue weighted by atomic mass is 19.1. The third-order valence-corrected chi connectivity index (χ3v) is 6.06. The lowest BCUT2D eigenvalue weighted by molar-refractivity contribution is -0.116. The molecule has 0 amide bonds. The fraction of sp³-hybridized carbons (Fsp3) is 0.192. The first-order chi connectivity index (χ1) is 15.1. The number of benzene rings is 3. The molecule has 0 fully saturated rings. The van der Waals surface area contributed by atoms with Crippen molar-refractivity contribution in [3.63, 3.8) is 0 Å². The van der Waals surface area contributed by atoms with E-state index in [-0.39, 0.29) is 17.5 Å². The zero-order valence-electron chi connectivity index (χ0n) is 17.2. The van der Waals surface area contributed by atoms with Gasteiger partial charge in [-0.25, -0.2) is 4.39 Å². The van der Waals surface area contributed by atoms with Gasteiger partial charge in [-0.05, 0) is 59.9 Å². The van der Waals surface area contributed by atoms with E-state index in [1.165, 1.54) is 12.1 Å². The van der Waals surface area contributed by atoms with E-state index in [4.69, 9.17) is 4.74 Å². The molecule has 2 N–H and O–H groups in total. The fourth-order valence-corrected chi connectivity index (χ4v) is 4.56. The molecule has 1 aliphatic heterocycles. The summed E-state index contributed by atoms with van der Waals surface area (Å²) in [5.41, 5.74) is 5.18. The average Bonchev–Trinajstić information content (AvgIpc) is 2.96. The van der Waals surface area contributed by atoms with Crippen molar-refractivity contribution in [2.24, 2.45) is 0 Å². The zero-order chi connectivity index (χ0) is 21.4. The molecule has 0 unspecified atom stereocenters. The Bertz CT molecular complexity index is 1190. The van der Waals surface area contributed by atoms with Crippen LogP contribution in [0.2, 0.25) is 0 Å². The Kier molecular flexibility index (Phi) is 4.94. The minimum Gasteiger partial charge on any atom is -0.497 e. The van der Waals surface area contributed by atoms with Crippen LogP contribution in [0.5, 0.6) is 5.75 Å². The van der Waals surface area contributed by atoms with Crippen molar-refractivity contribution in [3.05, 3.63) is 101 Å². The van der Waals surface area contributed by atoms with Crippen LogP contribution in [0.25, 0.3) is 0 Å². The molecule has 0 bridgehead atoms. The number of rotatable bonds is 3. The molecule has 5 heteroatoms. The minimum absolute atomic E-state index is 0.0484. The highest BCUT2D eigenvalue weighted by Crippen LogP contribution is 2.44. The smallest absolute Gasteiger partial charge is 0.163 e. The quantitative estimate of drug-likeness (QED) is 0.568. The van der Waals surface area contributed by atoms with Gasteiger partial charge >= 0.3 is 0 Å². The van der Waals surface area contributed by atoms with Gasteiger partial charge in [0.2, 0.25) is 0 Å². The molecule has 0 spiro atoms. The Hall–Kier alpha value is -3.60. The average molecular weight is 414 g/mol. The lowest BCUT2D eigenvalue weighted by Crippen LogP contribution is -2.27. The van der Waals surface area contributed by atoms with E-state index < -0.39 is 6.04 Å². The van der Waals surface area contributed by atoms with Crippen LogP contribution in [-0.2, 0) is 4.79 Å². The number of Topliss-reactive ketones (excluding diaryl/α,β-unsaturated/α-hetero) is 1. The number of carbonyl (C=O) groups excluding carboxylic acids is 1. The Labute approximate surface area is 180 Å². The predicted molar refractivity (Wildman–Crippen MR) is 120 cm³/mol. The van der Waals surface area contributed by atoms with E-state index in [1.807, 2.05) is 54.6 Å². The normalized spacial score (nSPS) is 20.1. The summed E-state index contributed by atoms with van der Waals surface area (Å²) in [4.78, 5) is 13.5. The van der Waals surface area contributed by atoms with E-state index in [1.54, 1.807) is 13.2 Å². The summed E-state index contributed by atoms with van der Waals surface area (Å²) in [6.07, 6.45) is 1.09. The number of halogens is 1. The Morgan fingerprint density at radius 2 is 1.68 bits per heavy atom. The van der Waals surface area contributed by atoms with Gasteiger partial charge in [-0.3, -0.25) is 4.79 Å². The molecule has 2 aliphatic rings. The SMILES string of the molecule is COc1cccc([C@@H]2CC(=O)C3=C(C2)Nc2ccccc2N[C@H]3c2cccc(F)c2)c1. The Morgan fingerprint density at radius 3 is 2.48 bits per heavy atom. The molecule has 0 saturated heterocycles. The maximum Gasteiger partial charge on any atom is 0.163 e. The number of ether oxygens (including phenoxy) is 1. The molecular formula is C26H23FN2O2. The first-order valence-electron chi connectivity index (χ1n) is 10.4. The van der Waals surface area contributed by atoms with Gasteiger partial charge in [-0.2, -0.15) is 0 Å². The van der Waals surface area contributed by atoms with Crippen LogP contribution >= 0.6 is 0 Å². The van der Waals surface area contributed by atoms with Gasteiger partial charge in [0, 0.05) is 17.7 Å². The number of anilines is 2. The topological polar surface area (TPSA) is 50.4 Å². The van der Waals surface area contributed by atoms with E-state index >= 15 is 0 Å². The van der Waals surface area contributed by atoms with Crippen molar-refractivity contribution in [3.8, 4) is 5.75 Å². The van der Waals surface area contributed by atoms with Gasteiger partial charge in [0.1, 0.15) is 11.6 Å². The van der Waals surface area contributed by atoms with Crippen LogP contribution in [0.1, 0.15) is 35.9 Å². The first kappa shape index (κ1) is 19.4. The molecule has 31 heavy (non-hydrogen) atoms. The molecular weight excluding hydrogens is 391 g/mol. The number of fused-ring (bicyclic) bond motifs is 1. The summed E-state index contributed by atoms with van der Waals surface area (Å²) in [7, 11) is 1.64. The monoisotopic (exact) mass is 414 g/mol. The highest BCUT2D eigenvalue weighted by Gasteiger charge is 2.36. The molecule has 2 atom stereocenters. The van der Waals surface area contributed by atoms with Crippen LogP contribution in [0.4, 0.5) is 15.8 Å². The van der Waals surface area contributed by atoms with Gasteiger partial charge in [-0.1, -0.05) is 36.4 Å². The van der Waals surface area contributed by atoms with Crippen LogP contribution in [0.15, 0.2) is 84.1 Å². The third-order valence-electron chi connectivity index (χ3n) is 6.06. The zero-order valence-corrected chi connectivity index (χ0v) is 17.2. The van der Waals surface area contributed by atoms with E-state index in [2.05, 4.69) is 10.6 Å². The summed E-state index contributed by atoms with van der Waals surface area (Å²) in [6, 6.07) is 21.8. The molecule has 5 rings (SSSR count). The summed E-state index contributed by atoms with van der Waals surface area (Å²) in [5.74, 6) is 0.580. The molecule has 156 valence electrons. The molecule has 0 radical (unpaired) electrons. The van der Waals surface area contributed by atoms with Crippen LogP contribution in [0.3, 0.4) is 0 Å². The van der Waals surface area contributed by atoms with Gasteiger partial charge in [0.15, 0.2) is 5.78 Å². The lowest BCUT2D eigenvalue weighted by atomic mass is 9.78. The van der Waals surface area contributed by atoms with E-state index in [0.29, 0.717) is 18.4 Å². The Balaban J connectivity index is 1.60. The van der Waals surface area contributed by atoms with Crippen molar-refractivity contribution in [2.45, 2.75) is 24.8 Å². The number of ketones is 1. The number of methoxy groups -OCH3 is 1. The Morgan fingerprint density at radius 1 is 0.903 bits per heavy atom. The van der Waals surface area contributed by atoms with E-state index in [0.717, 1.165) is 33.9 Å². The molecule has 1 heterocycles. The molecule has 1 aliphatic carbocycles. The number of hydrogen-bond donors (Lipinski definition) is 2. The first-order valence-corrected chi connectivity index (χ1v) is 10.4. The number of hydrogen-bond acceptors (Lipinski definition) is 4. The number of carbonyl (C=O) groups is 1. The second-order valence-corrected chi connectivity index (χ2v) is 8.00. The summed E-state index contributed by atoms with van der Waals surface area (Å²) >= 11 is 0. The largest absolute Gasteiger partial charge is 0.497 e. The molecule has 0 aromatic heterocycles. The fourth-order valence-electron chi connectivity index (χ4n) is 4.56. The summed E-state index contributed by atoms with van der Waals surface area (Å²) in [6.45, 7) is 0. The van der Waals surface area contributed by atoms with Crippen molar-refractivity contribution in [1.29, 1.82) is 0 Å². The van der Waals surface area contributed by atoms with Gasteiger partial charge in [0.05, 0.1) is 24.5 Å². The standard InChI is InChI=1S/C26H23FN2O2/c1-31-20-9-5-6-16(13-20)18-14-23-25(24(30)15-18)26(17-7-4-8-19(27)12-17)29-22-11-3-2-10-21(22)28-23/h2-13,18,26,28-29H,14-15H2,1H3/t18-,26-/m0/s1. The summed E-state index contributed by atoms with van der Waals surface area (Å²) in [5, 5.41) is 6.98. The van der Waals surface area contributed by atoms with Crippen LogP contribution < -0.4 is 15.4 Å². The number of allylic oxidation sites excluding steroid dienone is 1. The maximum atomic E-state index is 14.0. The van der Waals surface area contributed by atoms with Crippen LogP contribution in [0, 0.1) is 5.82 Å². The second kappa shape index (κ2) is 7.91. The number of nitrogens with one attached hydrogen (secondary N) is 2. The molecule has 3 aromatic rings. The second-order valence-electron chi connectivity index (χ2n) is 8.00. The van der Waals surface area contributed by atoms with Crippen molar-refractivity contribution < 1.29 is 13.9 Å². The van der Waals surface area contributed by atoms with E-state index in [9.17, 15) is 9.18 Å². The predicted octanol–water partition coefficient (Wildman–Crippen LogP) is 5.81. The van der Waals surface area contributed by atoms with Gasteiger partial charge in [-0.15, -0.1) is 0 Å². The summed E-state index contributed by atoms with van der Waals surface area (Å²) < 4.78 is 19.4. The van der Waals surface area contributed by atoms with Crippen molar-refractivity contribution in [1.82, 2.24) is 0 Å². The van der Waals surface area contributed by atoms with Gasteiger partial charge < -0.3 is 15.4 Å². The highest BCUT2D eigenvalue weighted by molar-refractivity contribution is 6.01. The van der Waals surface area contributed by atoms with Crippen LogP contribution in [-0.4, -0.2) is 12.9 Å². The molecule has 3 aromatic carbocycles.